The second-order valence-corrected chi connectivity index (χ2v) is 12.6. The van der Waals surface area contributed by atoms with Gasteiger partial charge in [0.1, 0.15) is 5.75 Å². The Bertz CT molecular complexity index is 1320. The molecule has 0 saturated carbocycles. The van der Waals surface area contributed by atoms with E-state index in [0.29, 0.717) is 41.3 Å². The van der Waals surface area contributed by atoms with Crippen molar-refractivity contribution in [2.45, 2.75) is 50.6 Å². The van der Waals surface area contributed by atoms with Crippen molar-refractivity contribution in [1.29, 1.82) is 0 Å². The molecule has 2 aromatic rings. The quantitative estimate of drug-likeness (QED) is 0.260. The maximum Gasteiger partial charge on any atom is 0.287 e. The molecule has 10 heteroatoms. The van der Waals surface area contributed by atoms with Gasteiger partial charge in [-0.05, 0) is 74.3 Å². The number of nitrogens with zero attached hydrogens (tertiary/aromatic N) is 3. The molecule has 2 aliphatic heterocycles. The minimum Gasteiger partial charge on any atom is -0.497 e. The van der Waals surface area contributed by atoms with Gasteiger partial charge in [-0.2, -0.15) is 0 Å². The number of hydrogen-bond donors (Lipinski definition) is 0. The molecule has 1 atom stereocenters. The van der Waals surface area contributed by atoms with E-state index in [0.717, 1.165) is 57.8 Å². The van der Waals surface area contributed by atoms with Crippen molar-refractivity contribution in [3.63, 3.8) is 0 Å². The first kappa shape index (κ1) is 33.7. The summed E-state index contributed by atoms with van der Waals surface area (Å²) in [6.07, 6.45) is 6.00. The SMILES string of the molecule is C=CCOC(C(=O)N1CCC(CC2CCN(c3ccc(C(=O)N(C)C)c(Cl)c3)CC2)CC1)(c1cccc(OC)c1)C(C)(F)F. The Morgan fingerprint density at radius 3 is 2.23 bits per heavy atom. The normalized spacial score (nSPS) is 18.1. The van der Waals surface area contributed by atoms with Crippen LogP contribution in [0.15, 0.2) is 55.1 Å². The fourth-order valence-electron chi connectivity index (χ4n) is 6.47. The molecular weight excluding hydrogens is 588 g/mol. The second kappa shape index (κ2) is 14.3. The number of rotatable bonds is 11. The number of amides is 2. The van der Waals surface area contributed by atoms with Gasteiger partial charge in [0.25, 0.3) is 17.7 Å². The van der Waals surface area contributed by atoms with Crippen LogP contribution in [0.2, 0.25) is 5.02 Å². The van der Waals surface area contributed by atoms with Crippen LogP contribution in [0.25, 0.3) is 0 Å². The number of methoxy groups -OCH3 is 1. The summed E-state index contributed by atoms with van der Waals surface area (Å²) in [5.41, 5.74) is -0.918. The molecule has 2 aromatic carbocycles. The van der Waals surface area contributed by atoms with Crippen LogP contribution in [0.5, 0.6) is 5.75 Å². The van der Waals surface area contributed by atoms with Crippen LogP contribution >= 0.6 is 11.6 Å². The molecule has 0 radical (unpaired) electrons. The lowest BCUT2D eigenvalue weighted by atomic mass is 9.81. The number of carbonyl (C=O) groups is 2. The van der Waals surface area contributed by atoms with Gasteiger partial charge in [-0.3, -0.25) is 9.59 Å². The third-order valence-electron chi connectivity index (χ3n) is 8.95. The summed E-state index contributed by atoms with van der Waals surface area (Å²) in [6.45, 7) is 6.74. The molecular formula is C34H44ClF2N3O4. The van der Waals surface area contributed by atoms with Crippen LogP contribution in [0.4, 0.5) is 14.5 Å². The molecule has 240 valence electrons. The van der Waals surface area contributed by atoms with Gasteiger partial charge in [0.05, 0.1) is 24.3 Å². The number of anilines is 1. The summed E-state index contributed by atoms with van der Waals surface area (Å²) in [5.74, 6) is -3.01. The van der Waals surface area contributed by atoms with E-state index in [1.807, 2.05) is 12.1 Å². The molecule has 0 aromatic heterocycles. The summed E-state index contributed by atoms with van der Waals surface area (Å²) < 4.78 is 41.9. The summed E-state index contributed by atoms with van der Waals surface area (Å²) in [4.78, 5) is 31.6. The average Bonchev–Trinajstić information content (AvgIpc) is 3.01. The van der Waals surface area contributed by atoms with E-state index >= 15 is 8.78 Å². The lowest BCUT2D eigenvalue weighted by molar-refractivity contribution is -0.214. The van der Waals surface area contributed by atoms with Crippen molar-refractivity contribution in [1.82, 2.24) is 9.80 Å². The Kier molecular flexibility index (Phi) is 10.9. The van der Waals surface area contributed by atoms with Crippen LogP contribution in [-0.4, -0.2) is 81.5 Å². The third kappa shape index (κ3) is 7.20. The molecule has 2 saturated heterocycles. The second-order valence-electron chi connectivity index (χ2n) is 12.2. The number of alkyl halides is 2. The first-order valence-electron chi connectivity index (χ1n) is 15.2. The first-order chi connectivity index (χ1) is 20.9. The molecule has 0 aliphatic carbocycles. The molecule has 4 rings (SSSR count). The predicted molar refractivity (Wildman–Crippen MR) is 170 cm³/mol. The van der Waals surface area contributed by atoms with Crippen LogP contribution in [0, 0.1) is 11.8 Å². The van der Waals surface area contributed by atoms with Crippen LogP contribution in [-0.2, 0) is 15.1 Å². The van der Waals surface area contributed by atoms with Crippen molar-refractivity contribution in [2.75, 3.05) is 58.9 Å². The molecule has 2 heterocycles. The van der Waals surface area contributed by atoms with E-state index in [1.165, 1.54) is 35.1 Å². The van der Waals surface area contributed by atoms with Gasteiger partial charge in [-0.25, -0.2) is 8.78 Å². The summed E-state index contributed by atoms with van der Waals surface area (Å²) >= 11 is 6.44. The van der Waals surface area contributed by atoms with E-state index in [4.69, 9.17) is 21.1 Å². The van der Waals surface area contributed by atoms with Gasteiger partial charge < -0.3 is 24.2 Å². The molecule has 0 bridgehead atoms. The smallest absolute Gasteiger partial charge is 0.287 e. The highest BCUT2D eigenvalue weighted by atomic mass is 35.5. The standard InChI is InChI=1S/C34H44ClF2N3O4/c1-6-20-44-34(33(2,36)37,26-8-7-9-28(22-26)43-5)32(42)40-18-14-25(15-19-40)21-24-12-16-39(17-13-24)27-10-11-29(30(35)23-27)31(41)38(3)4/h6-11,22-25H,1,12-21H2,2-5H3. The van der Waals surface area contributed by atoms with E-state index in [-0.39, 0.29) is 18.1 Å². The highest BCUT2D eigenvalue weighted by molar-refractivity contribution is 6.34. The van der Waals surface area contributed by atoms with Crippen LogP contribution in [0.1, 0.15) is 54.9 Å². The lowest BCUT2D eigenvalue weighted by Crippen LogP contribution is -2.59. The Labute approximate surface area is 264 Å². The van der Waals surface area contributed by atoms with Crippen LogP contribution < -0.4 is 9.64 Å². The molecule has 0 N–H and O–H groups in total. The number of piperidine rings is 2. The number of carbonyl (C=O) groups excluding carboxylic acids is 2. The fraction of sp³-hybridized carbons (Fsp3) is 0.529. The fourth-order valence-corrected chi connectivity index (χ4v) is 6.73. The highest BCUT2D eigenvalue weighted by Crippen LogP contribution is 2.44. The number of benzene rings is 2. The van der Waals surface area contributed by atoms with Crippen molar-refractivity contribution in [3.05, 3.63) is 71.3 Å². The van der Waals surface area contributed by atoms with Crippen LogP contribution in [0.3, 0.4) is 0 Å². The zero-order chi connectivity index (χ0) is 32.1. The minimum absolute atomic E-state index is 0.0605. The largest absolute Gasteiger partial charge is 0.497 e. The highest BCUT2D eigenvalue weighted by Gasteiger charge is 2.60. The molecule has 2 fully saturated rings. The third-order valence-corrected chi connectivity index (χ3v) is 9.26. The monoisotopic (exact) mass is 631 g/mol. The summed E-state index contributed by atoms with van der Waals surface area (Å²) in [5, 5.41) is 0.454. The number of ether oxygens (including phenoxy) is 2. The Balaban J connectivity index is 1.36. The topological polar surface area (TPSA) is 62.3 Å². The van der Waals surface area contributed by atoms with Gasteiger partial charge in [0.2, 0.25) is 5.60 Å². The summed E-state index contributed by atoms with van der Waals surface area (Å²) in [7, 11) is 4.86. The van der Waals surface area contributed by atoms with Crippen molar-refractivity contribution < 1.29 is 27.8 Å². The molecule has 0 spiro atoms. The zero-order valence-corrected chi connectivity index (χ0v) is 26.9. The summed E-state index contributed by atoms with van der Waals surface area (Å²) in [6, 6.07) is 11.8. The van der Waals surface area contributed by atoms with Gasteiger partial charge in [-0.15, -0.1) is 6.58 Å². The first-order valence-corrected chi connectivity index (χ1v) is 15.6. The van der Waals surface area contributed by atoms with Gasteiger partial charge in [-0.1, -0.05) is 29.8 Å². The molecule has 2 aliphatic rings. The van der Waals surface area contributed by atoms with E-state index < -0.39 is 17.4 Å². The molecule has 7 nitrogen and oxygen atoms in total. The maximum absolute atomic E-state index is 15.5. The minimum atomic E-state index is -3.50. The van der Waals surface area contributed by atoms with Crippen molar-refractivity contribution in [2.24, 2.45) is 11.8 Å². The van der Waals surface area contributed by atoms with Gasteiger partial charge >= 0.3 is 0 Å². The van der Waals surface area contributed by atoms with Crippen molar-refractivity contribution in [3.8, 4) is 5.75 Å². The van der Waals surface area contributed by atoms with E-state index in [2.05, 4.69) is 11.5 Å². The average molecular weight is 632 g/mol. The number of likely N-dealkylation sites (tertiary alicyclic amines) is 1. The number of hydrogen-bond acceptors (Lipinski definition) is 5. The Morgan fingerprint density at radius 2 is 1.68 bits per heavy atom. The molecule has 44 heavy (non-hydrogen) atoms. The predicted octanol–water partition coefficient (Wildman–Crippen LogP) is 6.65. The maximum atomic E-state index is 15.5. The van der Waals surface area contributed by atoms with Gasteiger partial charge in [0, 0.05) is 58.4 Å². The number of halogens is 3. The molecule has 2 amide bonds. The Morgan fingerprint density at radius 1 is 1.05 bits per heavy atom. The zero-order valence-electron chi connectivity index (χ0n) is 26.2. The van der Waals surface area contributed by atoms with E-state index in [1.54, 1.807) is 32.3 Å². The van der Waals surface area contributed by atoms with Gasteiger partial charge in [0.15, 0.2) is 0 Å². The Hall–Kier alpha value is -3.17. The van der Waals surface area contributed by atoms with Crippen molar-refractivity contribution >= 4 is 29.1 Å². The lowest BCUT2D eigenvalue weighted by Gasteiger charge is -2.43. The molecule has 1 unspecified atom stereocenters. The van der Waals surface area contributed by atoms with E-state index in [9.17, 15) is 9.59 Å².